The third-order valence-electron chi connectivity index (χ3n) is 3.25. The van der Waals surface area contributed by atoms with Crippen LogP contribution in [0.2, 0.25) is 0 Å². The second-order valence-corrected chi connectivity index (χ2v) is 5.06. The Balaban J connectivity index is 2.35. The van der Waals surface area contributed by atoms with Gasteiger partial charge in [0.25, 0.3) is 0 Å². The third kappa shape index (κ3) is 5.01. The Bertz CT molecular complexity index is 457. The van der Waals surface area contributed by atoms with Gasteiger partial charge in [-0.05, 0) is 25.3 Å². The summed E-state index contributed by atoms with van der Waals surface area (Å²) in [6.45, 7) is 4.07. The molecule has 1 amide bonds. The van der Waals surface area contributed by atoms with Gasteiger partial charge in [-0.1, -0.05) is 36.8 Å². The zero-order valence-corrected chi connectivity index (χ0v) is 11.9. The molecule has 0 aliphatic carbocycles. The van der Waals surface area contributed by atoms with Crippen LogP contribution in [-0.4, -0.2) is 23.5 Å². The molecule has 0 saturated heterocycles. The number of amides is 1. The number of benzene rings is 1. The second kappa shape index (κ2) is 7.65. The van der Waals surface area contributed by atoms with E-state index >= 15 is 0 Å². The minimum absolute atomic E-state index is 0.239. The minimum Gasteiger partial charge on any atom is -0.481 e. The lowest BCUT2D eigenvalue weighted by molar-refractivity contribution is -0.141. The van der Waals surface area contributed by atoms with Crippen molar-refractivity contribution in [2.75, 3.05) is 6.54 Å². The molecule has 0 radical (unpaired) electrons. The van der Waals surface area contributed by atoms with Crippen molar-refractivity contribution >= 4 is 11.9 Å². The lowest BCUT2D eigenvalue weighted by atomic mass is 10.0. The van der Waals surface area contributed by atoms with Crippen LogP contribution in [0.4, 0.5) is 0 Å². The fraction of sp³-hybridized carbons (Fsp3) is 0.467. The van der Waals surface area contributed by atoms with Gasteiger partial charge < -0.3 is 16.2 Å². The number of aliphatic carboxylic acids is 1. The number of nitrogens with two attached hydrogens (primary N) is 1. The molecule has 0 aromatic heterocycles. The molecule has 0 fully saturated rings. The molecule has 2 unspecified atom stereocenters. The second-order valence-electron chi connectivity index (χ2n) is 5.06. The number of nitrogens with one attached hydrogen (secondary N) is 1. The van der Waals surface area contributed by atoms with E-state index in [4.69, 9.17) is 10.8 Å². The summed E-state index contributed by atoms with van der Waals surface area (Å²) < 4.78 is 0. The lowest BCUT2D eigenvalue weighted by Crippen LogP contribution is -2.34. The highest BCUT2D eigenvalue weighted by Gasteiger charge is 2.15. The summed E-state index contributed by atoms with van der Waals surface area (Å²) in [6.07, 6.45) is 1.16. The Morgan fingerprint density at radius 3 is 2.45 bits per heavy atom. The van der Waals surface area contributed by atoms with Gasteiger partial charge in [0.15, 0.2) is 0 Å². The first kappa shape index (κ1) is 16.2. The van der Waals surface area contributed by atoms with Crippen LogP contribution in [0, 0.1) is 12.8 Å². The molecule has 0 aliphatic heterocycles. The Morgan fingerprint density at radius 1 is 1.30 bits per heavy atom. The van der Waals surface area contributed by atoms with Gasteiger partial charge in [0, 0.05) is 6.54 Å². The molecule has 0 heterocycles. The van der Waals surface area contributed by atoms with E-state index in [1.165, 1.54) is 0 Å². The summed E-state index contributed by atoms with van der Waals surface area (Å²) in [5.74, 6) is -1.44. The Hall–Kier alpha value is -1.88. The molecule has 4 N–H and O–H groups in total. The number of carbonyl (C=O) groups excluding carboxylic acids is 1. The average molecular weight is 278 g/mol. The van der Waals surface area contributed by atoms with E-state index in [2.05, 4.69) is 5.32 Å². The van der Waals surface area contributed by atoms with Crippen LogP contribution < -0.4 is 11.1 Å². The van der Waals surface area contributed by atoms with Gasteiger partial charge in [-0.25, -0.2) is 0 Å². The quantitative estimate of drug-likeness (QED) is 0.661. The zero-order chi connectivity index (χ0) is 15.1. The van der Waals surface area contributed by atoms with E-state index in [1.807, 2.05) is 31.2 Å². The van der Waals surface area contributed by atoms with Crippen molar-refractivity contribution in [3.63, 3.8) is 0 Å². The van der Waals surface area contributed by atoms with E-state index in [9.17, 15) is 9.59 Å². The average Bonchev–Trinajstić information content (AvgIpc) is 2.43. The summed E-state index contributed by atoms with van der Waals surface area (Å²) in [6, 6.07) is 6.82. The predicted molar refractivity (Wildman–Crippen MR) is 77.2 cm³/mol. The Labute approximate surface area is 119 Å². The van der Waals surface area contributed by atoms with Crippen molar-refractivity contribution in [2.24, 2.45) is 11.7 Å². The number of carbonyl (C=O) groups is 2. The number of hydrogen-bond acceptors (Lipinski definition) is 3. The first-order valence-electron chi connectivity index (χ1n) is 6.74. The van der Waals surface area contributed by atoms with Crippen LogP contribution in [0.3, 0.4) is 0 Å². The van der Waals surface area contributed by atoms with Gasteiger partial charge in [-0.15, -0.1) is 0 Å². The smallest absolute Gasteiger partial charge is 0.306 e. The van der Waals surface area contributed by atoms with Crippen LogP contribution in [0.1, 0.15) is 36.9 Å². The van der Waals surface area contributed by atoms with Crippen LogP contribution in [0.15, 0.2) is 24.3 Å². The van der Waals surface area contributed by atoms with Gasteiger partial charge in [0.2, 0.25) is 5.91 Å². The molecule has 1 aromatic carbocycles. The largest absolute Gasteiger partial charge is 0.481 e. The van der Waals surface area contributed by atoms with E-state index in [0.717, 1.165) is 11.1 Å². The Morgan fingerprint density at radius 2 is 1.90 bits per heavy atom. The maximum absolute atomic E-state index is 11.9. The first-order valence-corrected chi connectivity index (χ1v) is 6.74. The van der Waals surface area contributed by atoms with E-state index in [-0.39, 0.29) is 5.91 Å². The van der Waals surface area contributed by atoms with Gasteiger partial charge in [-0.3, -0.25) is 9.59 Å². The van der Waals surface area contributed by atoms with Gasteiger partial charge in [0.05, 0.1) is 5.92 Å². The highest BCUT2D eigenvalue weighted by Crippen LogP contribution is 2.11. The van der Waals surface area contributed by atoms with E-state index in [1.54, 1.807) is 6.92 Å². The summed E-state index contributed by atoms with van der Waals surface area (Å²) in [7, 11) is 0. The van der Waals surface area contributed by atoms with Gasteiger partial charge >= 0.3 is 5.97 Å². The molecule has 1 rings (SSSR count). The molecule has 110 valence electrons. The van der Waals surface area contributed by atoms with Crippen LogP contribution in [0.25, 0.3) is 0 Å². The molecule has 0 aliphatic rings. The summed E-state index contributed by atoms with van der Waals surface area (Å²) in [5.41, 5.74) is 7.76. The summed E-state index contributed by atoms with van der Waals surface area (Å²) >= 11 is 0. The molecule has 0 bridgehead atoms. The molecule has 20 heavy (non-hydrogen) atoms. The maximum atomic E-state index is 11.9. The number of carboxylic acid groups (broad SMARTS) is 1. The first-order chi connectivity index (χ1) is 9.41. The fourth-order valence-corrected chi connectivity index (χ4v) is 1.78. The van der Waals surface area contributed by atoms with E-state index in [0.29, 0.717) is 19.4 Å². The number of hydrogen-bond donors (Lipinski definition) is 3. The van der Waals surface area contributed by atoms with Crippen molar-refractivity contribution in [3.05, 3.63) is 35.4 Å². The fourth-order valence-electron chi connectivity index (χ4n) is 1.78. The molecule has 0 spiro atoms. The lowest BCUT2D eigenvalue weighted by Gasteiger charge is -2.13. The number of rotatable bonds is 7. The molecule has 0 saturated carbocycles. The standard InChI is InChI=1S/C15H22N2O3/c1-10-5-7-12(8-6-10)13(16)14(18)17-9-3-4-11(2)15(19)20/h5-8,11,13H,3-4,9,16H2,1-2H3,(H,17,18)(H,19,20). The highest BCUT2D eigenvalue weighted by atomic mass is 16.4. The van der Waals surface area contributed by atoms with Crippen LogP contribution in [0.5, 0.6) is 0 Å². The highest BCUT2D eigenvalue weighted by molar-refractivity contribution is 5.82. The van der Waals surface area contributed by atoms with Crippen molar-refractivity contribution in [2.45, 2.75) is 32.7 Å². The molecule has 1 aromatic rings. The minimum atomic E-state index is -0.812. The molecular weight excluding hydrogens is 256 g/mol. The molecular formula is C15H22N2O3. The third-order valence-corrected chi connectivity index (χ3v) is 3.25. The zero-order valence-electron chi connectivity index (χ0n) is 11.9. The molecule has 5 nitrogen and oxygen atoms in total. The maximum Gasteiger partial charge on any atom is 0.306 e. The Kier molecular flexibility index (Phi) is 6.18. The van der Waals surface area contributed by atoms with Crippen molar-refractivity contribution in [1.82, 2.24) is 5.32 Å². The van der Waals surface area contributed by atoms with Crippen molar-refractivity contribution < 1.29 is 14.7 Å². The van der Waals surface area contributed by atoms with Crippen LogP contribution >= 0.6 is 0 Å². The normalized spacial score (nSPS) is 13.6. The topological polar surface area (TPSA) is 92.4 Å². The van der Waals surface area contributed by atoms with E-state index < -0.39 is 17.9 Å². The number of carboxylic acids is 1. The van der Waals surface area contributed by atoms with Gasteiger partial charge in [0.1, 0.15) is 6.04 Å². The predicted octanol–water partition coefficient (Wildman–Crippen LogP) is 1.61. The van der Waals surface area contributed by atoms with Crippen molar-refractivity contribution in [1.29, 1.82) is 0 Å². The van der Waals surface area contributed by atoms with Gasteiger partial charge in [-0.2, -0.15) is 0 Å². The SMILES string of the molecule is Cc1ccc(C(N)C(=O)NCCCC(C)C(=O)O)cc1. The molecule has 2 atom stereocenters. The van der Waals surface area contributed by atoms with Crippen LogP contribution in [-0.2, 0) is 9.59 Å². The summed E-state index contributed by atoms with van der Waals surface area (Å²) in [5, 5.41) is 11.5. The molecule has 5 heteroatoms. The number of aryl methyl sites for hydroxylation is 1. The summed E-state index contributed by atoms with van der Waals surface area (Å²) in [4.78, 5) is 22.5. The monoisotopic (exact) mass is 278 g/mol. The van der Waals surface area contributed by atoms with Crippen molar-refractivity contribution in [3.8, 4) is 0 Å².